The third-order valence-electron chi connectivity index (χ3n) is 4.76. The summed E-state index contributed by atoms with van der Waals surface area (Å²) in [5.41, 5.74) is 11.5. The van der Waals surface area contributed by atoms with E-state index in [0.29, 0.717) is 6.61 Å². The highest BCUT2D eigenvalue weighted by Gasteiger charge is 2.47. The van der Waals surface area contributed by atoms with Crippen molar-refractivity contribution in [3.63, 3.8) is 0 Å². The molecule has 12 nitrogen and oxygen atoms in total. The molecular weight excluding hydrogens is 436 g/mol. The summed E-state index contributed by atoms with van der Waals surface area (Å²) in [6, 6.07) is 8.47. The number of nitrogens with two attached hydrogens (primary N) is 2. The molecule has 0 aromatic heterocycles. The van der Waals surface area contributed by atoms with Gasteiger partial charge in [0.15, 0.2) is 12.2 Å². The van der Waals surface area contributed by atoms with Gasteiger partial charge >= 0.3 is 5.97 Å². The monoisotopic (exact) mass is 468 g/mol. The van der Waals surface area contributed by atoms with Gasteiger partial charge in [-0.3, -0.25) is 9.79 Å². The van der Waals surface area contributed by atoms with E-state index >= 15 is 0 Å². The fourth-order valence-electron chi connectivity index (χ4n) is 3.29. The Morgan fingerprint density at radius 2 is 1.94 bits per heavy atom. The number of aliphatic hydroxyl groups is 1. The third kappa shape index (κ3) is 8.94. The lowest BCUT2D eigenvalue weighted by molar-refractivity contribution is -0.278. The number of aliphatic imine (C=N–C) groups is 1. The van der Waals surface area contributed by atoms with E-state index in [-0.39, 0.29) is 32.1 Å². The van der Waals surface area contributed by atoms with E-state index in [4.69, 9.17) is 35.5 Å². The van der Waals surface area contributed by atoms with Gasteiger partial charge in [-0.05, 0) is 12.5 Å². The summed E-state index contributed by atoms with van der Waals surface area (Å²) in [6.45, 7) is 1.64. The van der Waals surface area contributed by atoms with Crippen LogP contribution in [0.1, 0.15) is 18.9 Å². The van der Waals surface area contributed by atoms with Crippen molar-refractivity contribution in [1.29, 1.82) is 0 Å². The van der Waals surface area contributed by atoms with E-state index in [9.17, 15) is 14.7 Å². The lowest BCUT2D eigenvalue weighted by Gasteiger charge is -2.44. The SMILES string of the molecule is CCO[C@@H]1OC(COCc2ccccc2)[C@@H](O)[C@H](OCC(=O)O)C1NC(=O)CCN=C(N)N. The van der Waals surface area contributed by atoms with Crippen molar-refractivity contribution < 1.29 is 38.7 Å². The summed E-state index contributed by atoms with van der Waals surface area (Å²) < 4.78 is 22.6. The van der Waals surface area contributed by atoms with Crippen LogP contribution in [-0.2, 0) is 35.1 Å². The number of carboxylic acids is 1. The topological polar surface area (TPSA) is 188 Å². The molecule has 0 radical (unpaired) electrons. The molecule has 1 aliphatic heterocycles. The van der Waals surface area contributed by atoms with E-state index in [2.05, 4.69) is 10.3 Å². The number of amides is 1. The number of aliphatic carboxylic acids is 1. The van der Waals surface area contributed by atoms with Crippen molar-refractivity contribution in [2.45, 2.75) is 50.6 Å². The molecule has 1 fully saturated rings. The maximum Gasteiger partial charge on any atom is 0.329 e. The molecular formula is C21H32N4O8. The Balaban J connectivity index is 2.09. The number of hydrogen-bond donors (Lipinski definition) is 5. The van der Waals surface area contributed by atoms with Crippen LogP contribution in [0.4, 0.5) is 0 Å². The van der Waals surface area contributed by atoms with E-state index in [0.717, 1.165) is 5.56 Å². The van der Waals surface area contributed by atoms with Gasteiger partial charge in [0.2, 0.25) is 5.91 Å². The maximum atomic E-state index is 12.4. The Kier molecular flexibility index (Phi) is 11.0. The number of rotatable bonds is 13. The average molecular weight is 469 g/mol. The van der Waals surface area contributed by atoms with Gasteiger partial charge in [-0.15, -0.1) is 0 Å². The molecule has 33 heavy (non-hydrogen) atoms. The number of aliphatic hydroxyl groups excluding tert-OH is 1. The van der Waals surface area contributed by atoms with Gasteiger partial charge in [-0.1, -0.05) is 30.3 Å². The summed E-state index contributed by atoms with van der Waals surface area (Å²) >= 11 is 0. The first-order valence-corrected chi connectivity index (χ1v) is 10.6. The Bertz CT molecular complexity index is 775. The molecule has 1 aromatic rings. The number of carbonyl (C=O) groups excluding carboxylic acids is 1. The molecule has 1 heterocycles. The molecule has 0 aliphatic carbocycles. The number of carbonyl (C=O) groups is 2. The minimum atomic E-state index is -1.29. The molecule has 1 amide bonds. The second-order valence-corrected chi connectivity index (χ2v) is 7.31. The smallest absolute Gasteiger partial charge is 0.329 e. The number of hydrogen-bond acceptors (Lipinski definition) is 8. The van der Waals surface area contributed by atoms with Crippen molar-refractivity contribution in [3.05, 3.63) is 35.9 Å². The summed E-state index contributed by atoms with van der Waals surface area (Å²) in [4.78, 5) is 27.2. The first-order valence-electron chi connectivity index (χ1n) is 10.6. The van der Waals surface area contributed by atoms with Crippen LogP contribution in [0.5, 0.6) is 0 Å². The van der Waals surface area contributed by atoms with Crippen LogP contribution < -0.4 is 16.8 Å². The van der Waals surface area contributed by atoms with Crippen LogP contribution in [0.2, 0.25) is 0 Å². The summed E-state index contributed by atoms with van der Waals surface area (Å²) in [5, 5.41) is 22.6. The van der Waals surface area contributed by atoms with Crippen molar-refractivity contribution in [2.75, 3.05) is 26.4 Å². The van der Waals surface area contributed by atoms with Crippen molar-refractivity contribution in [3.8, 4) is 0 Å². The molecule has 7 N–H and O–H groups in total. The Morgan fingerprint density at radius 1 is 1.21 bits per heavy atom. The second-order valence-electron chi connectivity index (χ2n) is 7.31. The molecule has 1 aliphatic rings. The summed E-state index contributed by atoms with van der Waals surface area (Å²) in [7, 11) is 0. The molecule has 0 spiro atoms. The fourth-order valence-corrected chi connectivity index (χ4v) is 3.29. The van der Waals surface area contributed by atoms with Crippen LogP contribution in [0.25, 0.3) is 0 Å². The van der Waals surface area contributed by atoms with Crippen molar-refractivity contribution in [2.24, 2.45) is 16.5 Å². The van der Waals surface area contributed by atoms with Gasteiger partial charge in [-0.25, -0.2) is 4.79 Å². The van der Waals surface area contributed by atoms with Crippen LogP contribution >= 0.6 is 0 Å². The van der Waals surface area contributed by atoms with Gasteiger partial charge in [-0.2, -0.15) is 0 Å². The Hall–Kier alpha value is -2.77. The normalized spacial score (nSPS) is 24.7. The van der Waals surface area contributed by atoms with Gasteiger partial charge < -0.3 is 45.9 Å². The fraction of sp³-hybridized carbons (Fsp3) is 0.571. The predicted octanol–water partition coefficient (Wildman–Crippen LogP) is -1.06. The van der Waals surface area contributed by atoms with Crippen LogP contribution in [0.3, 0.4) is 0 Å². The predicted molar refractivity (Wildman–Crippen MR) is 117 cm³/mol. The van der Waals surface area contributed by atoms with Gasteiger partial charge in [0, 0.05) is 13.0 Å². The number of ether oxygens (including phenoxy) is 4. The molecule has 184 valence electrons. The zero-order chi connectivity index (χ0) is 24.2. The lowest BCUT2D eigenvalue weighted by atomic mass is 9.96. The lowest BCUT2D eigenvalue weighted by Crippen LogP contribution is -2.65. The maximum absolute atomic E-state index is 12.4. The van der Waals surface area contributed by atoms with E-state index in [1.165, 1.54) is 0 Å². The van der Waals surface area contributed by atoms with E-state index in [1.54, 1.807) is 6.92 Å². The van der Waals surface area contributed by atoms with Crippen molar-refractivity contribution in [1.82, 2.24) is 5.32 Å². The number of nitrogens with zero attached hydrogens (tertiary/aromatic N) is 1. The summed E-state index contributed by atoms with van der Waals surface area (Å²) in [6.07, 6.45) is -4.34. The number of nitrogens with one attached hydrogen (secondary N) is 1. The molecule has 5 atom stereocenters. The molecule has 1 saturated heterocycles. The quantitative estimate of drug-likeness (QED) is 0.176. The van der Waals surface area contributed by atoms with E-state index in [1.807, 2.05) is 30.3 Å². The standard InChI is InChI=1S/C21H32N4O8/c1-2-31-20-17(25-15(26)8-9-24-21(22)23)19(32-12-16(27)28)18(29)14(33-20)11-30-10-13-6-4-3-5-7-13/h3-7,14,17-20,29H,2,8-12H2,1H3,(H,25,26)(H,27,28)(H4,22,23,24)/t14?,17?,18-,19-,20-/m1/s1. The number of guanidine groups is 1. The minimum absolute atomic E-state index is 0.00226. The highest BCUT2D eigenvalue weighted by atomic mass is 16.7. The highest BCUT2D eigenvalue weighted by Crippen LogP contribution is 2.25. The summed E-state index contributed by atoms with van der Waals surface area (Å²) in [5.74, 6) is -1.82. The molecule has 1 aromatic carbocycles. The van der Waals surface area contributed by atoms with Gasteiger partial charge in [0.25, 0.3) is 0 Å². The molecule has 12 heteroatoms. The Labute approximate surface area is 191 Å². The highest BCUT2D eigenvalue weighted by molar-refractivity contribution is 5.78. The second kappa shape index (κ2) is 13.7. The molecule has 2 unspecified atom stereocenters. The average Bonchev–Trinajstić information content (AvgIpc) is 2.76. The van der Waals surface area contributed by atoms with E-state index < -0.39 is 49.1 Å². The first-order chi connectivity index (χ1) is 15.8. The molecule has 0 bridgehead atoms. The first kappa shape index (κ1) is 26.5. The zero-order valence-electron chi connectivity index (χ0n) is 18.5. The number of carboxylic acid groups (broad SMARTS) is 1. The van der Waals surface area contributed by atoms with Crippen molar-refractivity contribution >= 4 is 17.8 Å². The Morgan fingerprint density at radius 3 is 2.58 bits per heavy atom. The van der Waals surface area contributed by atoms with Gasteiger partial charge in [0.1, 0.15) is 31.0 Å². The zero-order valence-corrected chi connectivity index (χ0v) is 18.5. The van der Waals surface area contributed by atoms with Crippen LogP contribution in [0, 0.1) is 0 Å². The largest absolute Gasteiger partial charge is 0.480 e. The number of benzene rings is 1. The van der Waals surface area contributed by atoms with Crippen LogP contribution in [0.15, 0.2) is 35.3 Å². The van der Waals surface area contributed by atoms with Crippen LogP contribution in [-0.4, -0.2) is 85.1 Å². The van der Waals surface area contributed by atoms with Gasteiger partial charge in [0.05, 0.1) is 19.8 Å². The molecule has 2 rings (SSSR count). The third-order valence-corrected chi connectivity index (χ3v) is 4.76. The minimum Gasteiger partial charge on any atom is -0.480 e. The molecule has 0 saturated carbocycles.